The van der Waals surface area contributed by atoms with E-state index in [4.69, 9.17) is 0 Å². The fraction of sp³-hybridized carbons (Fsp3) is 0.321. The van der Waals surface area contributed by atoms with Gasteiger partial charge in [0.25, 0.3) is 0 Å². The normalized spacial score (nSPS) is 13.7. The largest absolute Gasteiger partial charge is 0.312 e. The van der Waals surface area contributed by atoms with Crippen LogP contribution in [0.15, 0.2) is 66.7 Å². The summed E-state index contributed by atoms with van der Waals surface area (Å²) < 4.78 is 2.27. The van der Waals surface area contributed by atoms with Gasteiger partial charge in [-0.2, -0.15) is 0 Å². The third-order valence-corrected chi connectivity index (χ3v) is 6.62. The van der Waals surface area contributed by atoms with Crippen LogP contribution in [-0.2, 0) is 30.5 Å². The number of fused-ring (bicyclic) bond motifs is 2. The van der Waals surface area contributed by atoms with Gasteiger partial charge in [-0.25, -0.2) is 0 Å². The molecule has 0 unspecified atom stereocenters. The molecule has 0 bridgehead atoms. The lowest BCUT2D eigenvalue weighted by atomic mass is 9.99. The number of nitrogens with zero attached hydrogens (tertiary/aromatic N) is 3. The summed E-state index contributed by atoms with van der Waals surface area (Å²) in [5.74, 6) is 2.60. The van der Waals surface area contributed by atoms with Crippen LogP contribution in [0.3, 0.4) is 0 Å². The van der Waals surface area contributed by atoms with Crippen LogP contribution in [0.5, 0.6) is 0 Å². The Kier molecular flexibility index (Phi) is 5.60. The summed E-state index contributed by atoms with van der Waals surface area (Å²) in [6.45, 7) is 4.35. The molecule has 4 nitrogen and oxygen atoms in total. The molecule has 3 aromatic carbocycles. The summed E-state index contributed by atoms with van der Waals surface area (Å²) in [4.78, 5) is 12.9. The topological polar surface area (TPSA) is 47.8 Å². The molecule has 32 heavy (non-hydrogen) atoms. The molecule has 0 amide bonds. The Labute approximate surface area is 189 Å². The zero-order chi connectivity index (χ0) is 22.1. The van der Waals surface area contributed by atoms with Crippen LogP contribution >= 0.6 is 0 Å². The van der Waals surface area contributed by atoms with Gasteiger partial charge in [0.1, 0.15) is 17.4 Å². The van der Waals surface area contributed by atoms with Gasteiger partial charge in [-0.1, -0.05) is 66.7 Å². The van der Waals surface area contributed by atoms with Gasteiger partial charge in [0.2, 0.25) is 0 Å². The van der Waals surface area contributed by atoms with E-state index in [0.717, 1.165) is 35.4 Å². The zero-order valence-electron chi connectivity index (χ0n) is 18.8. The number of rotatable bonds is 7. The molecule has 1 aromatic heterocycles. The van der Waals surface area contributed by atoms with E-state index in [0.29, 0.717) is 25.2 Å². The first kappa shape index (κ1) is 20.6. The molecule has 0 atom stereocenters. The average Bonchev–Trinajstić information content (AvgIpc) is 3.42. The maximum Gasteiger partial charge on any atom is 0.137 e. The predicted molar refractivity (Wildman–Crippen MR) is 128 cm³/mol. The van der Waals surface area contributed by atoms with Crippen LogP contribution in [0, 0.1) is 0 Å². The molecule has 0 N–H and O–H groups in total. The monoisotopic (exact) mass is 423 g/mol. The van der Waals surface area contributed by atoms with Crippen molar-refractivity contribution in [3.05, 3.63) is 95.1 Å². The van der Waals surface area contributed by atoms with Crippen molar-refractivity contribution in [2.75, 3.05) is 0 Å². The summed E-state index contributed by atoms with van der Waals surface area (Å²) in [7, 11) is 0. The number of benzene rings is 3. The van der Waals surface area contributed by atoms with E-state index >= 15 is 0 Å². The summed E-state index contributed by atoms with van der Waals surface area (Å²) in [6, 6.07) is 23.4. The van der Waals surface area contributed by atoms with Crippen molar-refractivity contribution in [1.82, 2.24) is 14.8 Å². The minimum atomic E-state index is 0.245. The summed E-state index contributed by atoms with van der Waals surface area (Å²) in [5, 5.41) is 11.5. The highest BCUT2D eigenvalue weighted by atomic mass is 16.1. The molecule has 1 aliphatic carbocycles. The van der Waals surface area contributed by atoms with Crippen LogP contribution in [0.1, 0.15) is 60.6 Å². The molecule has 0 fully saturated rings. The molecule has 162 valence electrons. The number of aryl methyl sites for hydroxylation is 1. The van der Waals surface area contributed by atoms with E-state index in [1.165, 1.54) is 16.5 Å². The second-order valence-electron chi connectivity index (χ2n) is 9.17. The van der Waals surface area contributed by atoms with Gasteiger partial charge in [-0.05, 0) is 54.2 Å². The Morgan fingerprint density at radius 1 is 0.938 bits per heavy atom. The molecular weight excluding hydrogens is 394 g/mol. The van der Waals surface area contributed by atoms with Crippen molar-refractivity contribution < 1.29 is 4.79 Å². The molecular formula is C28H29N3O. The van der Waals surface area contributed by atoms with E-state index in [-0.39, 0.29) is 11.8 Å². The van der Waals surface area contributed by atoms with Crippen LogP contribution in [0.4, 0.5) is 0 Å². The molecule has 0 aliphatic heterocycles. The number of Topliss-reactive ketones (excluding diaryl/α,β-unsaturated/α-hetero) is 1. The van der Waals surface area contributed by atoms with E-state index in [1.54, 1.807) is 0 Å². The van der Waals surface area contributed by atoms with E-state index in [2.05, 4.69) is 77.1 Å². The lowest BCUT2D eigenvalue weighted by Crippen LogP contribution is -2.15. The molecule has 1 aliphatic rings. The van der Waals surface area contributed by atoms with Gasteiger partial charge in [-0.3, -0.25) is 4.79 Å². The van der Waals surface area contributed by atoms with E-state index < -0.39 is 0 Å². The quantitative estimate of drug-likeness (QED) is 0.386. The van der Waals surface area contributed by atoms with Crippen LogP contribution < -0.4 is 0 Å². The third kappa shape index (κ3) is 3.97. The maximum absolute atomic E-state index is 12.9. The summed E-state index contributed by atoms with van der Waals surface area (Å²) >= 11 is 0. The highest BCUT2D eigenvalue weighted by Crippen LogP contribution is 2.34. The Hall–Kier alpha value is -3.27. The number of ketones is 1. The van der Waals surface area contributed by atoms with Crippen LogP contribution in [0.25, 0.3) is 10.8 Å². The first-order valence-electron chi connectivity index (χ1n) is 11.6. The van der Waals surface area contributed by atoms with Crippen molar-refractivity contribution >= 4 is 16.6 Å². The van der Waals surface area contributed by atoms with Gasteiger partial charge in [0.05, 0.1) is 0 Å². The summed E-state index contributed by atoms with van der Waals surface area (Å²) in [6.07, 6.45) is 3.61. The lowest BCUT2D eigenvalue weighted by Gasteiger charge is -2.17. The molecule has 0 saturated heterocycles. The SMILES string of the molecule is CC(C)n1c(CCC(=O)Cc2cccc3ccccc23)nnc1C1Cc2ccccc2C1. The lowest BCUT2D eigenvalue weighted by molar-refractivity contribution is -0.118. The van der Waals surface area contributed by atoms with Crippen molar-refractivity contribution in [1.29, 1.82) is 0 Å². The first-order valence-corrected chi connectivity index (χ1v) is 11.6. The number of hydrogen-bond acceptors (Lipinski definition) is 3. The van der Waals surface area contributed by atoms with Gasteiger partial charge in [0.15, 0.2) is 0 Å². The van der Waals surface area contributed by atoms with Crippen molar-refractivity contribution in [3.8, 4) is 0 Å². The molecule has 0 radical (unpaired) electrons. The maximum atomic E-state index is 12.9. The zero-order valence-corrected chi connectivity index (χ0v) is 18.8. The standard InChI is InChI=1S/C28H29N3O/c1-19(2)31-27(29-30-28(31)24-16-21-9-3-4-10-22(21)17-24)15-14-25(32)18-23-12-7-11-20-8-5-6-13-26(20)23/h3-13,19,24H,14-18H2,1-2H3. The summed E-state index contributed by atoms with van der Waals surface area (Å²) in [5.41, 5.74) is 3.94. The molecule has 4 heteroatoms. The number of hydrogen-bond donors (Lipinski definition) is 0. The fourth-order valence-electron chi connectivity index (χ4n) is 5.09. The van der Waals surface area contributed by atoms with Crippen molar-refractivity contribution in [2.24, 2.45) is 0 Å². The molecule has 0 spiro atoms. The Morgan fingerprint density at radius 3 is 2.38 bits per heavy atom. The molecule has 0 saturated carbocycles. The highest BCUT2D eigenvalue weighted by Gasteiger charge is 2.28. The highest BCUT2D eigenvalue weighted by molar-refractivity contribution is 5.90. The average molecular weight is 424 g/mol. The molecule has 4 aromatic rings. The van der Waals surface area contributed by atoms with Crippen molar-refractivity contribution in [2.45, 2.75) is 57.9 Å². The minimum Gasteiger partial charge on any atom is -0.312 e. The van der Waals surface area contributed by atoms with Crippen LogP contribution in [-0.4, -0.2) is 20.5 Å². The molecule has 1 heterocycles. The van der Waals surface area contributed by atoms with Gasteiger partial charge in [0, 0.05) is 31.2 Å². The predicted octanol–water partition coefficient (Wildman–Crippen LogP) is 5.64. The van der Waals surface area contributed by atoms with Gasteiger partial charge in [-0.15, -0.1) is 10.2 Å². The van der Waals surface area contributed by atoms with Gasteiger partial charge < -0.3 is 4.57 Å². The first-order chi connectivity index (χ1) is 15.6. The fourth-order valence-corrected chi connectivity index (χ4v) is 5.09. The molecule has 5 rings (SSSR count). The number of carbonyl (C=O) groups excluding carboxylic acids is 1. The van der Waals surface area contributed by atoms with E-state index in [1.807, 2.05) is 18.2 Å². The Bertz CT molecular complexity index is 1240. The number of aromatic nitrogens is 3. The second-order valence-corrected chi connectivity index (χ2v) is 9.17. The number of carbonyl (C=O) groups is 1. The minimum absolute atomic E-state index is 0.245. The van der Waals surface area contributed by atoms with Crippen LogP contribution in [0.2, 0.25) is 0 Å². The smallest absolute Gasteiger partial charge is 0.137 e. The third-order valence-electron chi connectivity index (χ3n) is 6.62. The van der Waals surface area contributed by atoms with Gasteiger partial charge >= 0.3 is 0 Å². The second kappa shape index (κ2) is 8.70. The van der Waals surface area contributed by atoms with E-state index in [9.17, 15) is 4.79 Å². The van der Waals surface area contributed by atoms with Crippen molar-refractivity contribution in [3.63, 3.8) is 0 Å². The Balaban J connectivity index is 1.30. The Morgan fingerprint density at radius 2 is 1.62 bits per heavy atom.